The molecule has 0 spiro atoms. The molecule has 0 bridgehead atoms. The van der Waals surface area contributed by atoms with Gasteiger partial charge in [0.2, 0.25) is 5.91 Å². The Kier molecular flexibility index (Phi) is 8.08. The SMILES string of the molecule is COC(=O)CNC(=O)CNC(=O)c1csc(-c2ccc(NC(=O)OC(C)(C)C)cc2)n1. The van der Waals surface area contributed by atoms with Gasteiger partial charge in [-0.05, 0) is 45.0 Å². The van der Waals surface area contributed by atoms with Gasteiger partial charge in [0.05, 0.1) is 13.7 Å². The maximum Gasteiger partial charge on any atom is 0.412 e. The number of ether oxygens (including phenoxy) is 2. The molecule has 0 unspecified atom stereocenters. The van der Waals surface area contributed by atoms with Gasteiger partial charge in [-0.25, -0.2) is 9.78 Å². The number of hydrogen-bond donors (Lipinski definition) is 3. The van der Waals surface area contributed by atoms with Crippen molar-refractivity contribution in [2.45, 2.75) is 26.4 Å². The zero-order valence-corrected chi connectivity index (χ0v) is 18.4. The number of thiazole rings is 1. The van der Waals surface area contributed by atoms with Gasteiger partial charge in [0.25, 0.3) is 5.91 Å². The van der Waals surface area contributed by atoms with Crippen LogP contribution in [-0.2, 0) is 19.1 Å². The van der Waals surface area contributed by atoms with Crippen LogP contribution in [-0.4, -0.2) is 54.7 Å². The first-order chi connectivity index (χ1) is 14.6. The molecule has 0 atom stereocenters. The molecule has 10 nitrogen and oxygen atoms in total. The fourth-order valence-electron chi connectivity index (χ4n) is 2.18. The summed E-state index contributed by atoms with van der Waals surface area (Å²) in [6.07, 6.45) is -0.552. The summed E-state index contributed by atoms with van der Waals surface area (Å²) in [5.41, 5.74) is 0.890. The summed E-state index contributed by atoms with van der Waals surface area (Å²) in [4.78, 5) is 50.9. The molecule has 1 heterocycles. The Morgan fingerprint density at radius 3 is 2.32 bits per heavy atom. The maximum atomic E-state index is 12.2. The first-order valence-corrected chi connectivity index (χ1v) is 10.1. The van der Waals surface area contributed by atoms with E-state index in [0.717, 1.165) is 5.56 Å². The summed E-state index contributed by atoms with van der Waals surface area (Å²) in [5, 5.41) is 9.57. The van der Waals surface area contributed by atoms with E-state index in [-0.39, 0.29) is 18.8 Å². The Morgan fingerprint density at radius 2 is 1.71 bits per heavy atom. The van der Waals surface area contributed by atoms with Crippen molar-refractivity contribution in [2.24, 2.45) is 0 Å². The molecule has 0 aliphatic heterocycles. The van der Waals surface area contributed by atoms with Crippen LogP contribution in [0.5, 0.6) is 0 Å². The molecule has 11 heteroatoms. The third-order valence-corrected chi connectivity index (χ3v) is 4.47. The van der Waals surface area contributed by atoms with E-state index in [4.69, 9.17) is 4.74 Å². The van der Waals surface area contributed by atoms with E-state index in [0.29, 0.717) is 10.7 Å². The molecule has 3 N–H and O–H groups in total. The highest BCUT2D eigenvalue weighted by Crippen LogP contribution is 2.25. The molecule has 0 aliphatic carbocycles. The number of esters is 1. The maximum absolute atomic E-state index is 12.2. The summed E-state index contributed by atoms with van der Waals surface area (Å²) < 4.78 is 9.61. The molecule has 0 saturated carbocycles. The summed E-state index contributed by atoms with van der Waals surface area (Å²) >= 11 is 1.26. The number of aromatic nitrogens is 1. The van der Waals surface area contributed by atoms with Crippen molar-refractivity contribution in [3.8, 4) is 10.6 Å². The molecule has 2 rings (SSSR count). The van der Waals surface area contributed by atoms with E-state index in [1.54, 1.807) is 50.4 Å². The number of methoxy groups -OCH3 is 1. The number of benzene rings is 1. The second-order valence-corrected chi connectivity index (χ2v) is 8.14. The molecule has 2 aromatic rings. The van der Waals surface area contributed by atoms with E-state index in [1.165, 1.54) is 18.4 Å². The van der Waals surface area contributed by atoms with E-state index in [1.807, 2.05) is 0 Å². The lowest BCUT2D eigenvalue weighted by Gasteiger charge is -2.19. The number of amides is 3. The summed E-state index contributed by atoms with van der Waals surface area (Å²) in [6.45, 7) is 4.76. The number of rotatable bonds is 7. The minimum Gasteiger partial charge on any atom is -0.468 e. The molecule has 1 aromatic carbocycles. The van der Waals surface area contributed by atoms with Crippen molar-refractivity contribution in [1.82, 2.24) is 15.6 Å². The van der Waals surface area contributed by atoms with E-state index in [9.17, 15) is 19.2 Å². The lowest BCUT2D eigenvalue weighted by molar-refractivity contribution is -0.141. The van der Waals surface area contributed by atoms with Crippen LogP contribution in [0, 0.1) is 0 Å². The minimum atomic E-state index is -0.593. The van der Waals surface area contributed by atoms with Crippen LogP contribution in [0.1, 0.15) is 31.3 Å². The van der Waals surface area contributed by atoms with Gasteiger partial charge in [-0.1, -0.05) is 0 Å². The van der Waals surface area contributed by atoms with E-state index in [2.05, 4.69) is 25.7 Å². The lowest BCUT2D eigenvalue weighted by atomic mass is 10.2. The van der Waals surface area contributed by atoms with Gasteiger partial charge >= 0.3 is 12.1 Å². The first kappa shape index (κ1) is 23.8. The first-order valence-electron chi connectivity index (χ1n) is 9.25. The monoisotopic (exact) mass is 448 g/mol. The molecule has 31 heavy (non-hydrogen) atoms. The van der Waals surface area contributed by atoms with Gasteiger partial charge in [-0.15, -0.1) is 11.3 Å². The molecule has 166 valence electrons. The molecule has 0 radical (unpaired) electrons. The van der Waals surface area contributed by atoms with Crippen molar-refractivity contribution >= 4 is 40.9 Å². The van der Waals surface area contributed by atoms with Crippen molar-refractivity contribution in [1.29, 1.82) is 0 Å². The molecule has 1 aromatic heterocycles. The Balaban J connectivity index is 1.90. The molecule has 3 amide bonds. The summed E-state index contributed by atoms with van der Waals surface area (Å²) in [6, 6.07) is 6.92. The number of anilines is 1. The molecule has 0 fully saturated rings. The van der Waals surface area contributed by atoms with Crippen LogP contribution in [0.2, 0.25) is 0 Å². The minimum absolute atomic E-state index is 0.164. The van der Waals surface area contributed by atoms with Gasteiger partial charge in [0, 0.05) is 16.6 Å². The van der Waals surface area contributed by atoms with Gasteiger partial charge in [-0.2, -0.15) is 0 Å². The van der Waals surface area contributed by atoms with Crippen LogP contribution >= 0.6 is 11.3 Å². The third-order valence-electron chi connectivity index (χ3n) is 3.58. The van der Waals surface area contributed by atoms with Gasteiger partial charge in [-0.3, -0.25) is 19.7 Å². The van der Waals surface area contributed by atoms with E-state index >= 15 is 0 Å². The number of hydrogen-bond acceptors (Lipinski definition) is 8. The second-order valence-electron chi connectivity index (χ2n) is 7.28. The Bertz CT molecular complexity index is 949. The average Bonchev–Trinajstić information content (AvgIpc) is 3.19. The van der Waals surface area contributed by atoms with Gasteiger partial charge in [0.1, 0.15) is 22.8 Å². The van der Waals surface area contributed by atoms with Crippen LogP contribution in [0.3, 0.4) is 0 Å². The standard InChI is InChI=1S/C20H24N4O6S/c1-20(2,3)30-19(28)23-13-7-5-12(6-8-13)18-24-14(11-31-18)17(27)22-9-15(25)21-10-16(26)29-4/h5-8,11H,9-10H2,1-4H3,(H,21,25)(H,22,27)(H,23,28). The zero-order chi connectivity index (χ0) is 23.0. The van der Waals surface area contributed by atoms with Crippen molar-refractivity contribution < 1.29 is 28.7 Å². The normalized spacial score (nSPS) is 10.7. The van der Waals surface area contributed by atoms with Crippen molar-refractivity contribution in [3.05, 3.63) is 35.3 Å². The molecule has 0 aliphatic rings. The Labute approximate surface area is 183 Å². The van der Waals surface area contributed by atoms with Crippen LogP contribution in [0.25, 0.3) is 10.6 Å². The largest absolute Gasteiger partial charge is 0.468 e. The quantitative estimate of drug-likeness (QED) is 0.552. The predicted molar refractivity (Wildman–Crippen MR) is 115 cm³/mol. The summed E-state index contributed by atoms with van der Waals surface area (Å²) in [7, 11) is 1.21. The smallest absolute Gasteiger partial charge is 0.412 e. The third kappa shape index (κ3) is 8.05. The number of nitrogens with zero attached hydrogens (tertiary/aromatic N) is 1. The molecule has 0 saturated heterocycles. The number of carbonyl (C=O) groups excluding carboxylic acids is 4. The van der Waals surface area contributed by atoms with Gasteiger partial charge in [0.15, 0.2) is 0 Å². The van der Waals surface area contributed by atoms with E-state index < -0.39 is 29.5 Å². The van der Waals surface area contributed by atoms with Crippen molar-refractivity contribution in [3.63, 3.8) is 0 Å². The number of nitrogens with one attached hydrogen (secondary N) is 3. The number of carbonyl (C=O) groups is 4. The summed E-state index contributed by atoms with van der Waals surface area (Å²) in [5.74, 6) is -1.63. The zero-order valence-electron chi connectivity index (χ0n) is 17.6. The molecular formula is C20H24N4O6S. The second kappa shape index (κ2) is 10.5. The topological polar surface area (TPSA) is 136 Å². The van der Waals surface area contributed by atoms with Crippen LogP contribution in [0.15, 0.2) is 29.6 Å². The fraction of sp³-hybridized carbons (Fsp3) is 0.350. The highest BCUT2D eigenvalue weighted by Gasteiger charge is 2.17. The molecular weight excluding hydrogens is 424 g/mol. The average molecular weight is 449 g/mol. The van der Waals surface area contributed by atoms with Crippen molar-refractivity contribution in [2.75, 3.05) is 25.5 Å². The fourth-order valence-corrected chi connectivity index (χ4v) is 2.99. The lowest BCUT2D eigenvalue weighted by Crippen LogP contribution is -2.39. The van der Waals surface area contributed by atoms with Crippen LogP contribution < -0.4 is 16.0 Å². The highest BCUT2D eigenvalue weighted by atomic mass is 32.1. The predicted octanol–water partition coefficient (Wildman–Crippen LogP) is 2.18. The van der Waals surface area contributed by atoms with Gasteiger partial charge < -0.3 is 20.1 Å². The highest BCUT2D eigenvalue weighted by molar-refractivity contribution is 7.13. The Morgan fingerprint density at radius 1 is 1.03 bits per heavy atom. The Hall–Kier alpha value is -3.47. The van der Waals surface area contributed by atoms with Crippen LogP contribution in [0.4, 0.5) is 10.5 Å².